The van der Waals surface area contributed by atoms with Gasteiger partial charge in [-0.05, 0) is 88.9 Å². The van der Waals surface area contributed by atoms with Crippen LogP contribution in [0.2, 0.25) is 0 Å². The molecule has 0 radical (unpaired) electrons. The number of hydrogen-bond donors (Lipinski definition) is 10. The average molecular weight is 1720 g/mol. The predicted molar refractivity (Wildman–Crippen MR) is 462 cm³/mol. The summed E-state index contributed by atoms with van der Waals surface area (Å²) in [5.41, 5.74) is 0. The zero-order chi connectivity index (χ0) is 87.1. The molecule has 2 aliphatic heterocycles. The Morgan fingerprint density at radius 2 is 0.681 bits per heavy atom. The molecule has 2 heterocycles. The smallest absolute Gasteiger partial charge is 0.463 e. The highest BCUT2D eigenvalue weighted by Gasteiger charge is 2.60. The highest BCUT2D eigenvalue weighted by molar-refractivity contribution is 7.47. The van der Waals surface area contributed by atoms with Gasteiger partial charge in [0.2, 0.25) is 0 Å². The molecule has 698 valence electrons. The maximum Gasteiger partial charge on any atom is 0.472 e. The number of carbonyl (C=O) groups excluding carboxylic acids is 4. The van der Waals surface area contributed by atoms with Gasteiger partial charge in [0.1, 0.15) is 92.6 Å². The van der Waals surface area contributed by atoms with Crippen molar-refractivity contribution in [3.05, 3.63) is 24.3 Å². The van der Waals surface area contributed by atoms with Gasteiger partial charge in [-0.2, -0.15) is 0 Å². The molecule has 1 saturated carbocycles. The lowest BCUT2D eigenvalue weighted by molar-refractivity contribution is -0.360. The van der Waals surface area contributed by atoms with Crippen LogP contribution in [0.3, 0.4) is 0 Å². The molecule has 0 spiro atoms. The van der Waals surface area contributed by atoms with Gasteiger partial charge < -0.3 is 88.7 Å². The van der Waals surface area contributed by atoms with Gasteiger partial charge in [-0.15, -0.1) is 0 Å². The highest BCUT2D eigenvalue weighted by atomic mass is 31.2. The molecule has 3 rings (SSSR count). The van der Waals surface area contributed by atoms with Crippen molar-refractivity contribution in [2.45, 2.75) is 505 Å². The van der Waals surface area contributed by atoms with E-state index in [1.807, 2.05) is 0 Å². The third-order valence-electron chi connectivity index (χ3n) is 23.7. The van der Waals surface area contributed by atoms with Crippen molar-refractivity contribution in [2.24, 2.45) is 11.8 Å². The third kappa shape index (κ3) is 50.8. The topological polar surface area (TPSA) is 380 Å². The Kier molecular flexibility index (Phi) is 64.8. The molecule has 119 heavy (non-hydrogen) atoms. The van der Waals surface area contributed by atoms with Crippen LogP contribution in [0.15, 0.2) is 24.3 Å². The third-order valence-corrected chi connectivity index (χ3v) is 24.7. The summed E-state index contributed by atoms with van der Waals surface area (Å²) in [6.45, 7) is 10.2. The Morgan fingerprint density at radius 1 is 0.353 bits per heavy atom. The first-order valence-corrected chi connectivity index (χ1v) is 49.3. The van der Waals surface area contributed by atoms with Crippen molar-refractivity contribution in [1.82, 2.24) is 0 Å². The normalized spacial score (nSPS) is 25.4. The Balaban J connectivity index is 1.93. The second-order valence-corrected chi connectivity index (χ2v) is 36.2. The minimum absolute atomic E-state index is 0.0125. The van der Waals surface area contributed by atoms with Crippen molar-refractivity contribution >= 4 is 31.7 Å². The zero-order valence-electron chi connectivity index (χ0n) is 74.7. The summed E-state index contributed by atoms with van der Waals surface area (Å²) in [4.78, 5) is 66.6. The monoisotopic (exact) mass is 1720 g/mol. The summed E-state index contributed by atoms with van der Waals surface area (Å²) in [5.74, 6) is -1.68. The summed E-state index contributed by atoms with van der Waals surface area (Å²) in [6.07, 6.45) is 27.5. The summed E-state index contributed by atoms with van der Waals surface area (Å²) in [7, 11) is -5.82. The van der Waals surface area contributed by atoms with Crippen LogP contribution in [0.25, 0.3) is 0 Å². The lowest BCUT2D eigenvalue weighted by Gasteiger charge is -2.50. The SMILES string of the molecule is CCCCCC/C=C\CCCCCCCCCC(=O)OC(COC(=O)CCCCC/C=C\CCCCCCCC)COP(=O)(O)OC1C(OC2OC(CO)C(O)C(O)C2O)C(O)C(O)C(OC(=O)CCCCCCCCC(C)CCCCCCCC)C1OC1OC(COC(=O)CCCCCCCCC(C)CCCCCCCC)C(O)C(O)C1O. The van der Waals surface area contributed by atoms with Crippen LogP contribution in [0.1, 0.15) is 401 Å². The number of phosphoric acid groups is 1. The molecule has 20 unspecified atom stereocenters. The largest absolute Gasteiger partial charge is 0.472 e. The molecule has 10 N–H and O–H groups in total. The van der Waals surface area contributed by atoms with Crippen LogP contribution in [0.5, 0.6) is 0 Å². The molecule has 20 atom stereocenters. The fourth-order valence-electron chi connectivity index (χ4n) is 15.9. The molecular formula is C93H171O25P. The van der Waals surface area contributed by atoms with Gasteiger partial charge in [0.15, 0.2) is 24.8 Å². The van der Waals surface area contributed by atoms with Crippen LogP contribution in [0, 0.1) is 11.8 Å². The van der Waals surface area contributed by atoms with E-state index in [0.29, 0.717) is 50.4 Å². The number of aliphatic hydroxyl groups is 9. The van der Waals surface area contributed by atoms with Gasteiger partial charge in [-0.25, -0.2) is 4.57 Å². The number of hydrogen-bond acceptors (Lipinski definition) is 24. The van der Waals surface area contributed by atoms with E-state index in [9.17, 15) is 74.6 Å². The standard InChI is InChI=1S/C93H171O25P/c1-7-11-15-19-23-25-27-29-30-32-34-36-38-49-57-65-78(97)112-73(68-109-76(95)63-55-47-37-35-33-31-28-26-24-20-16-12-8-2)69-111-119(107,108)118-91-89(116-92-86(105)82(101)80(99)74(67-94)113-92)85(104)84(103)88(115-79(98)66-58-50-42-40-46-54-62-72(6)60-52-44-22-18-14-10-4)90(91)117-93-87(106)83(102)81(100)75(114-93)70-110-77(96)64-56-48-41-39-45-53-61-71(5)59-51-43-21-17-13-9-3/h25,27,31,33,71-75,80-94,99-106H,7-24,26,28-30,32,34-70H2,1-6H3,(H,107,108)/b27-25-,33-31-. The number of phosphoric ester groups is 1. The number of ether oxygens (including phenoxy) is 8. The van der Waals surface area contributed by atoms with Crippen LogP contribution in [0.4, 0.5) is 0 Å². The van der Waals surface area contributed by atoms with Gasteiger partial charge in [0.25, 0.3) is 0 Å². The molecule has 0 aromatic carbocycles. The number of aliphatic hydroxyl groups excluding tert-OH is 9. The number of carbonyl (C=O) groups is 4. The van der Waals surface area contributed by atoms with Crippen molar-refractivity contribution in [3.63, 3.8) is 0 Å². The van der Waals surface area contributed by atoms with Gasteiger partial charge in [0, 0.05) is 25.7 Å². The molecule has 3 aliphatic rings. The van der Waals surface area contributed by atoms with E-state index in [-0.39, 0.29) is 25.7 Å². The van der Waals surface area contributed by atoms with E-state index in [1.54, 1.807) is 0 Å². The van der Waals surface area contributed by atoms with Crippen LogP contribution in [-0.2, 0) is 70.7 Å². The second kappa shape index (κ2) is 70.1. The number of allylic oxidation sites excluding steroid dienone is 4. The first-order chi connectivity index (χ1) is 57.5. The molecule has 1 aliphatic carbocycles. The van der Waals surface area contributed by atoms with Gasteiger partial charge in [-0.1, -0.05) is 323 Å². The number of rotatable bonds is 76. The van der Waals surface area contributed by atoms with Gasteiger partial charge in [-0.3, -0.25) is 28.2 Å². The minimum atomic E-state index is -5.82. The number of unbranched alkanes of at least 4 members (excludes halogenated alkanes) is 40. The molecule has 2 saturated heterocycles. The first kappa shape index (κ1) is 110. The molecule has 0 bridgehead atoms. The molecule has 25 nitrogen and oxygen atoms in total. The minimum Gasteiger partial charge on any atom is -0.463 e. The predicted octanol–water partition coefficient (Wildman–Crippen LogP) is 17.8. The lowest BCUT2D eigenvalue weighted by Crippen LogP contribution is -2.70. The molecule has 0 aromatic heterocycles. The molecule has 3 fully saturated rings. The van der Waals surface area contributed by atoms with Crippen molar-refractivity contribution in [3.8, 4) is 0 Å². The lowest BCUT2D eigenvalue weighted by atomic mass is 9.84. The van der Waals surface area contributed by atoms with E-state index >= 15 is 0 Å². The van der Waals surface area contributed by atoms with Crippen LogP contribution >= 0.6 is 7.82 Å². The maximum absolute atomic E-state index is 14.9. The maximum atomic E-state index is 14.9. The summed E-state index contributed by atoms with van der Waals surface area (Å²) in [6, 6.07) is 0. The highest BCUT2D eigenvalue weighted by Crippen LogP contribution is 2.49. The van der Waals surface area contributed by atoms with E-state index in [1.165, 1.54) is 154 Å². The van der Waals surface area contributed by atoms with E-state index < -0.39 is 162 Å². The molecule has 0 amide bonds. The Morgan fingerprint density at radius 3 is 1.10 bits per heavy atom. The average Bonchev–Trinajstić information content (AvgIpc) is 0.754. The van der Waals surface area contributed by atoms with Gasteiger partial charge in [0.05, 0.1) is 13.2 Å². The van der Waals surface area contributed by atoms with Crippen molar-refractivity contribution in [1.29, 1.82) is 0 Å². The quantitative estimate of drug-likeness (QED) is 0.00889. The Hall–Kier alpha value is -3.05. The van der Waals surface area contributed by atoms with E-state index in [0.717, 1.165) is 141 Å². The Labute approximate surface area is 717 Å². The van der Waals surface area contributed by atoms with Crippen molar-refractivity contribution in [2.75, 3.05) is 26.4 Å². The second-order valence-electron chi connectivity index (χ2n) is 34.8. The Bertz CT molecular complexity index is 2600. The van der Waals surface area contributed by atoms with Crippen LogP contribution in [-0.4, -0.2) is 205 Å². The summed E-state index contributed by atoms with van der Waals surface area (Å²) < 4.78 is 73.5. The van der Waals surface area contributed by atoms with E-state index in [4.69, 9.17) is 46.9 Å². The van der Waals surface area contributed by atoms with E-state index in [2.05, 4.69) is 65.8 Å². The molecular weight excluding hydrogens is 1550 g/mol. The summed E-state index contributed by atoms with van der Waals surface area (Å²) >= 11 is 0. The fraction of sp³-hybridized carbons (Fsp3) is 0.914. The van der Waals surface area contributed by atoms with Gasteiger partial charge >= 0.3 is 31.7 Å². The fourth-order valence-corrected chi connectivity index (χ4v) is 16.9. The van der Waals surface area contributed by atoms with Crippen LogP contribution < -0.4 is 0 Å². The molecule has 26 heteroatoms. The number of esters is 4. The van der Waals surface area contributed by atoms with Crippen molar-refractivity contribution < 1.29 is 122 Å². The summed E-state index contributed by atoms with van der Waals surface area (Å²) in [5, 5.41) is 102. The zero-order valence-corrected chi connectivity index (χ0v) is 75.6. The first-order valence-electron chi connectivity index (χ1n) is 47.9. The molecule has 0 aromatic rings.